The van der Waals surface area contributed by atoms with E-state index in [2.05, 4.69) is 15.6 Å². The molecule has 2 N–H and O–H groups in total. The lowest BCUT2D eigenvalue weighted by atomic mass is 9.86. The first-order chi connectivity index (χ1) is 15.3. The summed E-state index contributed by atoms with van der Waals surface area (Å²) in [6.07, 6.45) is 0.590. The number of nitrogens with one attached hydrogen (secondary N) is 2. The number of anilines is 1. The zero-order valence-electron chi connectivity index (χ0n) is 17.3. The molecular formula is C24H23ClF3N3O. The number of benzene rings is 2. The van der Waals surface area contributed by atoms with Crippen LogP contribution in [0.4, 0.5) is 19.0 Å². The summed E-state index contributed by atoms with van der Waals surface area (Å²) >= 11 is 5.98. The Hall–Kier alpha value is -2.80. The molecule has 0 spiro atoms. The summed E-state index contributed by atoms with van der Waals surface area (Å²) in [5.74, 6) is 0.724. The Labute approximate surface area is 189 Å². The average molecular weight is 462 g/mol. The van der Waals surface area contributed by atoms with Gasteiger partial charge in [-0.2, -0.15) is 13.2 Å². The van der Waals surface area contributed by atoms with Gasteiger partial charge in [-0.05, 0) is 61.3 Å². The highest BCUT2D eigenvalue weighted by Gasteiger charge is 2.32. The van der Waals surface area contributed by atoms with Crippen LogP contribution in [0.25, 0.3) is 10.8 Å². The van der Waals surface area contributed by atoms with Gasteiger partial charge in [-0.1, -0.05) is 35.9 Å². The molecule has 1 heterocycles. The van der Waals surface area contributed by atoms with Crippen molar-refractivity contribution in [2.75, 3.05) is 11.9 Å². The van der Waals surface area contributed by atoms with Crippen LogP contribution in [0, 0.1) is 5.92 Å². The molecule has 1 fully saturated rings. The van der Waals surface area contributed by atoms with Crippen LogP contribution >= 0.6 is 11.6 Å². The summed E-state index contributed by atoms with van der Waals surface area (Å²) < 4.78 is 38.9. The van der Waals surface area contributed by atoms with Crippen molar-refractivity contribution in [3.63, 3.8) is 0 Å². The number of nitrogens with zero attached hydrogens (tertiary/aromatic N) is 1. The highest BCUT2D eigenvalue weighted by molar-refractivity contribution is 6.33. The predicted molar refractivity (Wildman–Crippen MR) is 120 cm³/mol. The third-order valence-corrected chi connectivity index (χ3v) is 6.28. The molecule has 0 unspecified atom stereocenters. The van der Waals surface area contributed by atoms with E-state index in [1.807, 2.05) is 30.3 Å². The molecule has 168 valence electrons. The minimum absolute atomic E-state index is 0.0102. The second-order valence-electron chi connectivity index (χ2n) is 8.15. The van der Waals surface area contributed by atoms with Crippen LogP contribution in [0.1, 0.15) is 41.6 Å². The second-order valence-corrected chi connectivity index (χ2v) is 8.55. The van der Waals surface area contributed by atoms with Gasteiger partial charge in [0.25, 0.3) is 5.91 Å². The van der Waals surface area contributed by atoms with Crippen LogP contribution in [0.2, 0.25) is 5.02 Å². The number of pyridine rings is 1. The van der Waals surface area contributed by atoms with E-state index in [-0.39, 0.29) is 16.6 Å². The molecule has 1 aliphatic carbocycles. The third-order valence-electron chi connectivity index (χ3n) is 5.95. The van der Waals surface area contributed by atoms with Gasteiger partial charge in [-0.15, -0.1) is 0 Å². The standard InChI is InChI=1S/C24H23ClF3N3O/c25-21-10-7-17(24(26,27)28)13-20(21)23(32)31-18-8-5-15(6-9-18)14-30-22-19-4-2-1-3-16(19)11-12-29-22/h1-4,7,10-13,15,18H,5-6,8-9,14H2,(H,29,30)(H,31,32)/t15-,18-. The summed E-state index contributed by atoms with van der Waals surface area (Å²) in [5, 5.41) is 8.51. The number of amides is 1. The Morgan fingerprint density at radius 1 is 1.06 bits per heavy atom. The smallest absolute Gasteiger partial charge is 0.369 e. The van der Waals surface area contributed by atoms with Crippen molar-refractivity contribution in [2.45, 2.75) is 37.9 Å². The van der Waals surface area contributed by atoms with Crippen molar-refractivity contribution in [1.82, 2.24) is 10.3 Å². The Morgan fingerprint density at radius 2 is 1.81 bits per heavy atom. The Kier molecular flexibility index (Phi) is 6.55. The molecule has 1 amide bonds. The lowest BCUT2D eigenvalue weighted by molar-refractivity contribution is -0.137. The van der Waals surface area contributed by atoms with Crippen LogP contribution in [0.3, 0.4) is 0 Å². The van der Waals surface area contributed by atoms with E-state index in [1.54, 1.807) is 6.20 Å². The van der Waals surface area contributed by atoms with E-state index in [0.29, 0.717) is 5.92 Å². The van der Waals surface area contributed by atoms with Crippen molar-refractivity contribution >= 4 is 34.1 Å². The molecule has 0 radical (unpaired) electrons. The maximum absolute atomic E-state index is 13.0. The third kappa shape index (κ3) is 5.15. The van der Waals surface area contributed by atoms with E-state index < -0.39 is 17.6 Å². The van der Waals surface area contributed by atoms with Gasteiger partial charge in [0, 0.05) is 24.2 Å². The summed E-state index contributed by atoms with van der Waals surface area (Å²) in [6.45, 7) is 0.779. The summed E-state index contributed by atoms with van der Waals surface area (Å²) in [7, 11) is 0. The molecule has 4 nitrogen and oxygen atoms in total. The van der Waals surface area contributed by atoms with Gasteiger partial charge in [0.2, 0.25) is 0 Å². The Morgan fingerprint density at radius 3 is 2.56 bits per heavy atom. The van der Waals surface area contributed by atoms with Crippen molar-refractivity contribution in [1.29, 1.82) is 0 Å². The maximum atomic E-state index is 13.0. The molecule has 8 heteroatoms. The van der Waals surface area contributed by atoms with Crippen LogP contribution in [0.15, 0.2) is 54.7 Å². The van der Waals surface area contributed by atoms with Gasteiger partial charge in [-0.25, -0.2) is 4.98 Å². The first-order valence-corrected chi connectivity index (χ1v) is 10.9. The van der Waals surface area contributed by atoms with Crippen LogP contribution in [0.5, 0.6) is 0 Å². The van der Waals surface area contributed by atoms with Gasteiger partial charge in [0.1, 0.15) is 5.82 Å². The average Bonchev–Trinajstić information content (AvgIpc) is 2.78. The fraction of sp³-hybridized carbons (Fsp3) is 0.333. The van der Waals surface area contributed by atoms with Gasteiger partial charge >= 0.3 is 6.18 Å². The van der Waals surface area contributed by atoms with E-state index in [0.717, 1.165) is 67.0 Å². The Balaban J connectivity index is 1.31. The quantitative estimate of drug-likeness (QED) is 0.468. The molecule has 4 rings (SSSR count). The molecule has 0 atom stereocenters. The van der Waals surface area contributed by atoms with Crippen LogP contribution in [-0.4, -0.2) is 23.5 Å². The highest BCUT2D eigenvalue weighted by Crippen LogP contribution is 2.32. The van der Waals surface area contributed by atoms with Gasteiger partial charge in [0.05, 0.1) is 16.1 Å². The molecule has 32 heavy (non-hydrogen) atoms. The zero-order chi connectivity index (χ0) is 22.7. The zero-order valence-corrected chi connectivity index (χ0v) is 18.0. The minimum atomic E-state index is -4.52. The fourth-order valence-corrected chi connectivity index (χ4v) is 4.35. The number of rotatable bonds is 5. The topological polar surface area (TPSA) is 54.0 Å². The molecule has 1 aromatic heterocycles. The van der Waals surface area contributed by atoms with Gasteiger partial charge in [0.15, 0.2) is 0 Å². The molecule has 3 aromatic rings. The van der Waals surface area contributed by atoms with Crippen molar-refractivity contribution in [3.8, 4) is 0 Å². The molecule has 2 aromatic carbocycles. The SMILES string of the molecule is O=C(N[C@H]1CC[C@H](CNc2nccc3ccccc23)CC1)c1cc(C(F)(F)F)ccc1Cl. The van der Waals surface area contributed by atoms with Crippen molar-refractivity contribution in [3.05, 3.63) is 70.9 Å². The first kappa shape index (κ1) is 22.4. The van der Waals surface area contributed by atoms with Crippen molar-refractivity contribution in [2.24, 2.45) is 5.92 Å². The molecule has 1 saturated carbocycles. The summed E-state index contributed by atoms with van der Waals surface area (Å²) in [4.78, 5) is 17.0. The second kappa shape index (κ2) is 9.36. The van der Waals surface area contributed by atoms with Crippen molar-refractivity contribution < 1.29 is 18.0 Å². The van der Waals surface area contributed by atoms with Gasteiger partial charge < -0.3 is 10.6 Å². The molecule has 1 aliphatic rings. The molecule has 0 aliphatic heterocycles. The minimum Gasteiger partial charge on any atom is -0.369 e. The lowest BCUT2D eigenvalue weighted by Gasteiger charge is -2.29. The van der Waals surface area contributed by atoms with E-state index in [4.69, 9.17) is 11.6 Å². The largest absolute Gasteiger partial charge is 0.416 e. The molecule has 0 bridgehead atoms. The predicted octanol–water partition coefficient (Wildman–Crippen LogP) is 6.31. The number of carbonyl (C=O) groups excluding carboxylic acids is 1. The number of halogens is 4. The van der Waals surface area contributed by atoms with Crippen LogP contribution < -0.4 is 10.6 Å². The monoisotopic (exact) mass is 461 g/mol. The van der Waals surface area contributed by atoms with E-state index in [9.17, 15) is 18.0 Å². The number of fused-ring (bicyclic) bond motifs is 1. The Bertz CT molecular complexity index is 1110. The fourth-order valence-electron chi connectivity index (χ4n) is 4.15. The number of hydrogen-bond acceptors (Lipinski definition) is 3. The summed E-state index contributed by atoms with van der Waals surface area (Å²) in [5.41, 5.74) is -1.03. The normalized spacial score (nSPS) is 19.0. The maximum Gasteiger partial charge on any atom is 0.416 e. The molecular weight excluding hydrogens is 439 g/mol. The van der Waals surface area contributed by atoms with Crippen LogP contribution in [-0.2, 0) is 6.18 Å². The molecule has 0 saturated heterocycles. The van der Waals surface area contributed by atoms with E-state index >= 15 is 0 Å². The first-order valence-electron chi connectivity index (χ1n) is 10.6. The number of alkyl halides is 3. The number of carbonyl (C=O) groups is 1. The van der Waals surface area contributed by atoms with Gasteiger partial charge in [-0.3, -0.25) is 4.79 Å². The number of hydrogen-bond donors (Lipinski definition) is 2. The number of aromatic nitrogens is 1. The lowest BCUT2D eigenvalue weighted by Crippen LogP contribution is -2.38. The summed E-state index contributed by atoms with van der Waals surface area (Å²) in [6, 6.07) is 12.8. The highest BCUT2D eigenvalue weighted by atomic mass is 35.5. The van der Waals surface area contributed by atoms with E-state index in [1.165, 1.54) is 0 Å².